The molecular weight excluding hydrogens is 443 g/mol. The van der Waals surface area contributed by atoms with Crippen LogP contribution in [0.2, 0.25) is 5.02 Å². The van der Waals surface area contributed by atoms with E-state index in [1.807, 2.05) is 30.3 Å². The molecule has 0 fully saturated rings. The number of alkyl halides is 3. The molecule has 0 aliphatic rings. The average Bonchev–Trinajstić information content (AvgIpc) is 3.29. The van der Waals surface area contributed by atoms with E-state index < -0.39 is 22.3 Å². The number of nitrogens with zero attached hydrogens (tertiary/aromatic N) is 3. The molecule has 10 heteroatoms. The van der Waals surface area contributed by atoms with Crippen molar-refractivity contribution < 1.29 is 17.7 Å². The first-order chi connectivity index (χ1) is 15.2. The molecule has 4 N–H and O–H groups in total. The molecule has 1 atom stereocenters. The van der Waals surface area contributed by atoms with Crippen molar-refractivity contribution in [1.29, 1.82) is 0 Å². The first-order valence-electron chi connectivity index (χ1n) is 9.43. The summed E-state index contributed by atoms with van der Waals surface area (Å²) in [5, 5.41) is 3.64. The Labute approximate surface area is 186 Å². The largest absolute Gasteiger partial charge is 0.417 e. The third-order valence-corrected chi connectivity index (χ3v) is 5.35. The van der Waals surface area contributed by atoms with E-state index in [9.17, 15) is 13.2 Å². The van der Waals surface area contributed by atoms with E-state index >= 15 is 0 Å². The van der Waals surface area contributed by atoms with Crippen molar-refractivity contribution in [1.82, 2.24) is 15.1 Å². The SMILES string of the molecule is NCC(N)(c1cc(-c2ccc(C(F)(F)F)c(Cl)c2)ncn1)c1cc(-c2ccccc2)no1. The van der Waals surface area contributed by atoms with Crippen molar-refractivity contribution in [2.45, 2.75) is 11.7 Å². The van der Waals surface area contributed by atoms with E-state index in [0.717, 1.165) is 11.6 Å². The minimum atomic E-state index is -4.55. The first kappa shape index (κ1) is 21.9. The lowest BCUT2D eigenvalue weighted by molar-refractivity contribution is -0.137. The smallest absolute Gasteiger partial charge is 0.358 e. The molecule has 0 saturated heterocycles. The minimum Gasteiger partial charge on any atom is -0.358 e. The average molecular weight is 460 g/mol. The predicted molar refractivity (Wildman–Crippen MR) is 113 cm³/mol. The van der Waals surface area contributed by atoms with E-state index in [-0.39, 0.29) is 12.3 Å². The Hall–Kier alpha value is -3.27. The van der Waals surface area contributed by atoms with Crippen LogP contribution in [0.5, 0.6) is 0 Å². The summed E-state index contributed by atoms with van der Waals surface area (Å²) in [6.07, 6.45) is -3.30. The fourth-order valence-electron chi connectivity index (χ4n) is 3.23. The highest BCUT2D eigenvalue weighted by Crippen LogP contribution is 2.37. The monoisotopic (exact) mass is 459 g/mol. The molecular formula is C22H17ClF3N5O. The van der Waals surface area contributed by atoms with Gasteiger partial charge < -0.3 is 16.0 Å². The Morgan fingerprint density at radius 2 is 1.66 bits per heavy atom. The van der Waals surface area contributed by atoms with Gasteiger partial charge in [-0.2, -0.15) is 13.2 Å². The second-order valence-corrected chi connectivity index (χ2v) is 7.51. The maximum Gasteiger partial charge on any atom is 0.417 e. The summed E-state index contributed by atoms with van der Waals surface area (Å²) >= 11 is 5.85. The molecule has 6 nitrogen and oxygen atoms in total. The molecule has 0 aliphatic heterocycles. The lowest BCUT2D eigenvalue weighted by atomic mass is 9.91. The zero-order valence-corrected chi connectivity index (χ0v) is 17.2. The molecule has 4 rings (SSSR count). The molecule has 0 bridgehead atoms. The number of benzene rings is 2. The van der Waals surface area contributed by atoms with E-state index in [4.69, 9.17) is 27.6 Å². The Bertz CT molecular complexity index is 1250. The van der Waals surface area contributed by atoms with Crippen LogP contribution in [0, 0.1) is 0 Å². The number of hydrogen-bond donors (Lipinski definition) is 2. The molecule has 1 unspecified atom stereocenters. The van der Waals surface area contributed by atoms with Crippen LogP contribution in [-0.4, -0.2) is 21.7 Å². The number of rotatable bonds is 5. The molecule has 4 aromatic rings. The predicted octanol–water partition coefficient (Wildman–Crippen LogP) is 4.63. The van der Waals surface area contributed by atoms with Gasteiger partial charge in [0.25, 0.3) is 0 Å². The van der Waals surface area contributed by atoms with Gasteiger partial charge in [-0.25, -0.2) is 9.97 Å². The molecule has 0 aliphatic carbocycles. The van der Waals surface area contributed by atoms with Crippen LogP contribution in [0.3, 0.4) is 0 Å². The van der Waals surface area contributed by atoms with Gasteiger partial charge >= 0.3 is 6.18 Å². The van der Waals surface area contributed by atoms with Gasteiger partial charge in [-0.15, -0.1) is 0 Å². The van der Waals surface area contributed by atoms with E-state index in [1.54, 1.807) is 6.07 Å². The van der Waals surface area contributed by atoms with Crippen molar-refractivity contribution in [3.63, 3.8) is 0 Å². The molecule has 0 radical (unpaired) electrons. The minimum absolute atomic E-state index is 0.0688. The Balaban J connectivity index is 1.72. The fourth-order valence-corrected chi connectivity index (χ4v) is 3.51. The van der Waals surface area contributed by atoms with Crippen molar-refractivity contribution >= 4 is 11.6 Å². The summed E-state index contributed by atoms with van der Waals surface area (Å²) in [7, 11) is 0. The maximum atomic E-state index is 13.0. The summed E-state index contributed by atoms with van der Waals surface area (Å²) in [4.78, 5) is 8.37. The zero-order chi connectivity index (χ0) is 22.9. The fraction of sp³-hybridized carbons (Fsp3) is 0.136. The van der Waals surface area contributed by atoms with Crippen LogP contribution in [0.1, 0.15) is 17.0 Å². The quantitative estimate of drug-likeness (QED) is 0.451. The van der Waals surface area contributed by atoms with Gasteiger partial charge in [0.2, 0.25) is 0 Å². The molecule has 2 heterocycles. The molecule has 164 valence electrons. The van der Waals surface area contributed by atoms with Crippen LogP contribution in [-0.2, 0) is 11.7 Å². The van der Waals surface area contributed by atoms with E-state index in [0.29, 0.717) is 22.6 Å². The van der Waals surface area contributed by atoms with Crippen molar-refractivity contribution in [2.75, 3.05) is 6.54 Å². The standard InChI is InChI=1S/C22H17ClF3N5O/c23-16-8-14(6-7-15(16)22(24,25)26)17-9-19(30-12-29-17)21(28,11-27)20-10-18(31-32-20)13-4-2-1-3-5-13/h1-10,12H,11,27-28H2. The van der Waals surface area contributed by atoms with Gasteiger partial charge in [0.15, 0.2) is 5.76 Å². The lowest BCUT2D eigenvalue weighted by Crippen LogP contribution is -2.45. The molecule has 32 heavy (non-hydrogen) atoms. The van der Waals surface area contributed by atoms with Gasteiger partial charge in [0, 0.05) is 23.7 Å². The first-order valence-corrected chi connectivity index (χ1v) is 9.81. The van der Waals surface area contributed by atoms with Crippen LogP contribution in [0.25, 0.3) is 22.5 Å². The number of aromatic nitrogens is 3. The second kappa shape index (κ2) is 8.34. The highest BCUT2D eigenvalue weighted by Gasteiger charge is 2.36. The van der Waals surface area contributed by atoms with Crippen molar-refractivity contribution in [2.24, 2.45) is 11.5 Å². The highest BCUT2D eigenvalue weighted by molar-refractivity contribution is 6.31. The van der Waals surface area contributed by atoms with Crippen molar-refractivity contribution in [3.8, 4) is 22.5 Å². The van der Waals surface area contributed by atoms with Crippen LogP contribution < -0.4 is 11.5 Å². The number of halogens is 4. The topological polar surface area (TPSA) is 104 Å². The molecule has 2 aromatic heterocycles. The highest BCUT2D eigenvalue weighted by atomic mass is 35.5. The van der Waals surface area contributed by atoms with Crippen LogP contribution >= 0.6 is 11.6 Å². The molecule has 0 spiro atoms. The van der Waals surface area contributed by atoms with Crippen LogP contribution in [0.15, 0.2) is 71.5 Å². The Kier molecular flexibility index (Phi) is 5.72. The number of hydrogen-bond acceptors (Lipinski definition) is 6. The molecule has 0 saturated carbocycles. The van der Waals surface area contributed by atoms with Gasteiger partial charge in [-0.1, -0.05) is 53.2 Å². The third kappa shape index (κ3) is 4.10. The molecule has 0 amide bonds. The summed E-state index contributed by atoms with van der Waals surface area (Å²) in [6, 6.07) is 16.0. The second-order valence-electron chi connectivity index (χ2n) is 7.10. The van der Waals surface area contributed by atoms with Gasteiger partial charge in [-0.3, -0.25) is 0 Å². The molecule has 2 aromatic carbocycles. The van der Waals surface area contributed by atoms with Gasteiger partial charge in [-0.05, 0) is 18.2 Å². The van der Waals surface area contributed by atoms with Gasteiger partial charge in [0.05, 0.1) is 22.0 Å². The summed E-state index contributed by atoms with van der Waals surface area (Å²) in [6.45, 7) is -0.0688. The van der Waals surface area contributed by atoms with E-state index in [1.165, 1.54) is 24.5 Å². The third-order valence-electron chi connectivity index (χ3n) is 5.04. The van der Waals surface area contributed by atoms with Gasteiger partial charge in [0.1, 0.15) is 17.6 Å². The Morgan fingerprint density at radius 1 is 0.906 bits per heavy atom. The summed E-state index contributed by atoms with van der Waals surface area (Å²) in [5.74, 6) is 0.286. The zero-order valence-electron chi connectivity index (χ0n) is 16.5. The summed E-state index contributed by atoms with van der Waals surface area (Å²) in [5.41, 5.74) is 12.7. The summed E-state index contributed by atoms with van der Waals surface area (Å²) < 4.78 is 44.5. The Morgan fingerprint density at radius 3 is 2.31 bits per heavy atom. The number of nitrogens with two attached hydrogens (primary N) is 2. The van der Waals surface area contributed by atoms with Crippen LogP contribution in [0.4, 0.5) is 13.2 Å². The normalized spacial score (nSPS) is 13.7. The lowest BCUT2D eigenvalue weighted by Gasteiger charge is -2.24. The maximum absolute atomic E-state index is 13.0. The van der Waals surface area contributed by atoms with Crippen molar-refractivity contribution in [3.05, 3.63) is 89.0 Å². The van der Waals surface area contributed by atoms with E-state index in [2.05, 4.69) is 15.1 Å².